The highest BCUT2D eigenvalue weighted by Crippen LogP contribution is 2.30. The third kappa shape index (κ3) is 2.90. The Labute approximate surface area is 103 Å². The van der Waals surface area contributed by atoms with Crippen LogP contribution in [0.1, 0.15) is 34.6 Å². The van der Waals surface area contributed by atoms with Gasteiger partial charge in [-0.05, 0) is 13.8 Å². The summed E-state index contributed by atoms with van der Waals surface area (Å²) >= 11 is 0. The van der Waals surface area contributed by atoms with Crippen LogP contribution in [0.3, 0.4) is 0 Å². The second kappa shape index (κ2) is 4.55. The Bertz CT molecular complexity index is 320. The van der Waals surface area contributed by atoms with Crippen LogP contribution in [0.25, 0.3) is 0 Å². The summed E-state index contributed by atoms with van der Waals surface area (Å²) in [5.74, 6) is -0.0103. The van der Waals surface area contributed by atoms with Crippen molar-refractivity contribution in [3.8, 4) is 0 Å². The highest BCUT2D eigenvalue weighted by molar-refractivity contribution is 5.87. The van der Waals surface area contributed by atoms with Crippen molar-refractivity contribution in [2.75, 3.05) is 13.6 Å². The maximum atomic E-state index is 12.0. The van der Waals surface area contributed by atoms with E-state index in [-0.39, 0.29) is 36.1 Å². The summed E-state index contributed by atoms with van der Waals surface area (Å²) in [4.78, 5) is 27.0. The molecule has 0 saturated carbocycles. The predicted octanol–water partition coefficient (Wildman–Crippen LogP) is 1.25. The van der Waals surface area contributed by atoms with Gasteiger partial charge in [-0.25, -0.2) is 4.79 Å². The van der Waals surface area contributed by atoms with Gasteiger partial charge in [0.2, 0.25) is 5.91 Å². The highest BCUT2D eigenvalue weighted by Gasteiger charge is 2.44. The molecule has 1 N–H and O–H groups in total. The Balaban J connectivity index is 2.90. The van der Waals surface area contributed by atoms with Gasteiger partial charge in [0.05, 0.1) is 0 Å². The van der Waals surface area contributed by atoms with E-state index >= 15 is 0 Å². The van der Waals surface area contributed by atoms with Gasteiger partial charge in [0.25, 0.3) is 0 Å². The minimum atomic E-state index is -0.186. The average molecular weight is 241 g/mol. The van der Waals surface area contributed by atoms with E-state index < -0.39 is 0 Å². The Kier molecular flexibility index (Phi) is 3.69. The number of urea groups is 1. The lowest BCUT2D eigenvalue weighted by atomic mass is 9.91. The zero-order valence-corrected chi connectivity index (χ0v) is 11.6. The van der Waals surface area contributed by atoms with E-state index in [1.165, 1.54) is 0 Å². The Morgan fingerprint density at radius 1 is 1.41 bits per heavy atom. The van der Waals surface area contributed by atoms with Crippen molar-refractivity contribution in [1.29, 1.82) is 0 Å². The number of hydrogen-bond donors (Lipinski definition) is 1. The molecule has 98 valence electrons. The first kappa shape index (κ1) is 13.8. The van der Waals surface area contributed by atoms with Crippen LogP contribution in [0.15, 0.2) is 0 Å². The summed E-state index contributed by atoms with van der Waals surface area (Å²) in [6.07, 6.45) is -0.186. The van der Waals surface area contributed by atoms with Crippen molar-refractivity contribution in [2.45, 2.75) is 46.8 Å². The molecule has 0 bridgehead atoms. The van der Waals surface area contributed by atoms with Gasteiger partial charge in [-0.3, -0.25) is 9.69 Å². The number of hydrogen-bond acceptors (Lipinski definition) is 2. The van der Waals surface area contributed by atoms with Gasteiger partial charge in [-0.2, -0.15) is 0 Å². The fourth-order valence-electron chi connectivity index (χ4n) is 2.25. The smallest absolute Gasteiger partial charge is 0.319 e. The van der Waals surface area contributed by atoms with Crippen LogP contribution in [0, 0.1) is 5.41 Å². The van der Waals surface area contributed by atoms with E-state index in [0.717, 1.165) is 0 Å². The van der Waals surface area contributed by atoms with E-state index in [2.05, 4.69) is 5.32 Å². The van der Waals surface area contributed by atoms with E-state index in [0.29, 0.717) is 0 Å². The third-order valence-corrected chi connectivity index (χ3v) is 2.81. The van der Waals surface area contributed by atoms with E-state index in [9.17, 15) is 9.59 Å². The first-order valence-electron chi connectivity index (χ1n) is 5.97. The summed E-state index contributed by atoms with van der Waals surface area (Å²) in [6.45, 7) is 10.1. The van der Waals surface area contributed by atoms with Gasteiger partial charge in [-0.1, -0.05) is 20.8 Å². The van der Waals surface area contributed by atoms with Crippen LogP contribution < -0.4 is 5.32 Å². The lowest BCUT2D eigenvalue weighted by molar-refractivity contribution is -0.127. The standard InChI is InChI=1S/C12H23N3O2/c1-8(2)13-11(17)15-7-9(16)14(6)10(15)12(3,4)5/h8,10H,7H2,1-6H3,(H,13,17). The number of carbonyl (C=O) groups excluding carboxylic acids is 2. The summed E-state index contributed by atoms with van der Waals surface area (Å²) in [6, 6.07) is -0.0956. The molecule has 1 aliphatic rings. The molecular weight excluding hydrogens is 218 g/mol. The first-order valence-corrected chi connectivity index (χ1v) is 5.97. The molecule has 1 heterocycles. The summed E-state index contributed by atoms with van der Waals surface area (Å²) in [5.41, 5.74) is -0.158. The van der Waals surface area contributed by atoms with Crippen LogP contribution in [0.5, 0.6) is 0 Å². The number of nitrogens with zero attached hydrogens (tertiary/aromatic N) is 2. The molecule has 1 atom stereocenters. The molecule has 1 unspecified atom stereocenters. The third-order valence-electron chi connectivity index (χ3n) is 2.81. The molecule has 5 nitrogen and oxygen atoms in total. The first-order chi connectivity index (χ1) is 7.64. The molecule has 0 aromatic heterocycles. The van der Waals surface area contributed by atoms with E-state index in [4.69, 9.17) is 0 Å². The minimum Gasteiger partial charge on any atom is -0.336 e. The fraction of sp³-hybridized carbons (Fsp3) is 0.833. The van der Waals surface area contributed by atoms with Gasteiger partial charge in [0.1, 0.15) is 12.7 Å². The fourth-order valence-corrected chi connectivity index (χ4v) is 2.25. The maximum absolute atomic E-state index is 12.0. The van der Waals surface area contributed by atoms with E-state index in [1.807, 2.05) is 34.6 Å². The quantitative estimate of drug-likeness (QED) is 0.751. The molecule has 0 aliphatic carbocycles. The number of carbonyl (C=O) groups is 2. The molecule has 1 aliphatic heterocycles. The molecule has 0 spiro atoms. The summed E-state index contributed by atoms with van der Waals surface area (Å²) < 4.78 is 0. The number of rotatable bonds is 1. The number of nitrogens with one attached hydrogen (secondary N) is 1. The summed E-state index contributed by atoms with van der Waals surface area (Å²) in [5, 5.41) is 2.84. The van der Waals surface area contributed by atoms with Gasteiger partial charge >= 0.3 is 6.03 Å². The van der Waals surface area contributed by atoms with Crippen molar-refractivity contribution >= 4 is 11.9 Å². The maximum Gasteiger partial charge on any atom is 0.319 e. The molecular formula is C12H23N3O2. The zero-order valence-electron chi connectivity index (χ0n) is 11.6. The number of likely N-dealkylation sites (N-methyl/N-ethyl adjacent to an activating group) is 1. The molecule has 0 radical (unpaired) electrons. The molecule has 5 heteroatoms. The second-order valence-electron chi connectivity index (χ2n) is 5.98. The molecule has 1 saturated heterocycles. The van der Waals surface area contributed by atoms with Crippen molar-refractivity contribution in [3.05, 3.63) is 0 Å². The van der Waals surface area contributed by atoms with Crippen LogP contribution in [0.4, 0.5) is 4.79 Å². The van der Waals surface area contributed by atoms with Gasteiger partial charge in [0, 0.05) is 18.5 Å². The lowest BCUT2D eigenvalue weighted by Crippen LogP contribution is -2.53. The van der Waals surface area contributed by atoms with Crippen LogP contribution in [-0.2, 0) is 4.79 Å². The second-order valence-corrected chi connectivity index (χ2v) is 5.98. The van der Waals surface area contributed by atoms with Gasteiger partial charge in [0.15, 0.2) is 0 Å². The molecule has 1 fully saturated rings. The molecule has 3 amide bonds. The largest absolute Gasteiger partial charge is 0.336 e. The highest BCUT2D eigenvalue weighted by atomic mass is 16.2. The van der Waals surface area contributed by atoms with Crippen molar-refractivity contribution in [2.24, 2.45) is 5.41 Å². The molecule has 0 aromatic carbocycles. The van der Waals surface area contributed by atoms with Crippen molar-refractivity contribution in [3.63, 3.8) is 0 Å². The molecule has 1 rings (SSSR count). The molecule has 17 heavy (non-hydrogen) atoms. The number of amides is 3. The topological polar surface area (TPSA) is 52.7 Å². The monoisotopic (exact) mass is 241 g/mol. The Hall–Kier alpha value is -1.26. The van der Waals surface area contributed by atoms with Crippen LogP contribution in [0.2, 0.25) is 0 Å². The van der Waals surface area contributed by atoms with Gasteiger partial charge < -0.3 is 10.2 Å². The SMILES string of the molecule is CC(C)NC(=O)N1CC(=O)N(C)C1C(C)(C)C. The van der Waals surface area contributed by atoms with Crippen LogP contribution >= 0.6 is 0 Å². The zero-order chi connectivity index (χ0) is 13.4. The van der Waals surface area contributed by atoms with E-state index in [1.54, 1.807) is 16.8 Å². The van der Waals surface area contributed by atoms with Crippen LogP contribution in [-0.4, -0.2) is 47.5 Å². The Morgan fingerprint density at radius 3 is 2.35 bits per heavy atom. The Morgan fingerprint density at radius 2 is 1.94 bits per heavy atom. The lowest BCUT2D eigenvalue weighted by Gasteiger charge is -2.37. The molecule has 0 aromatic rings. The minimum absolute atomic E-state index is 0.0103. The van der Waals surface area contributed by atoms with Crippen molar-refractivity contribution < 1.29 is 9.59 Å². The average Bonchev–Trinajstić information content (AvgIpc) is 2.41. The summed E-state index contributed by atoms with van der Waals surface area (Å²) in [7, 11) is 1.75. The normalized spacial score (nSPS) is 21.4. The van der Waals surface area contributed by atoms with Crippen molar-refractivity contribution in [1.82, 2.24) is 15.1 Å². The predicted molar refractivity (Wildman–Crippen MR) is 66.4 cm³/mol. The van der Waals surface area contributed by atoms with Gasteiger partial charge in [-0.15, -0.1) is 0 Å².